The van der Waals surface area contributed by atoms with Crippen LogP contribution < -0.4 is 15.4 Å². The molecule has 1 aliphatic rings. The fourth-order valence-electron chi connectivity index (χ4n) is 3.09. The van der Waals surface area contributed by atoms with E-state index in [1.807, 2.05) is 0 Å². The molecule has 1 aliphatic heterocycles. The Hall–Kier alpha value is -2.04. The largest absolute Gasteiger partial charge is 0.496 e. The van der Waals surface area contributed by atoms with E-state index in [9.17, 15) is 9.59 Å². The highest BCUT2D eigenvalue weighted by molar-refractivity contribution is 5.90. The second-order valence-corrected chi connectivity index (χ2v) is 7.45. The van der Waals surface area contributed by atoms with Crippen molar-refractivity contribution in [2.24, 2.45) is 0 Å². The van der Waals surface area contributed by atoms with E-state index in [0.717, 1.165) is 11.3 Å². The van der Waals surface area contributed by atoms with Gasteiger partial charge in [0.05, 0.1) is 7.11 Å². The molecule has 0 aromatic heterocycles. The zero-order valence-electron chi connectivity index (χ0n) is 15.3. The third kappa shape index (κ3) is 4.28. The van der Waals surface area contributed by atoms with Crippen LogP contribution in [0.4, 0.5) is 0 Å². The summed E-state index contributed by atoms with van der Waals surface area (Å²) in [7, 11) is 1.69. The highest BCUT2D eigenvalue weighted by Gasteiger charge is 2.27. The molecule has 2 rings (SSSR count). The van der Waals surface area contributed by atoms with E-state index in [4.69, 9.17) is 4.74 Å². The molecule has 1 atom stereocenters. The Kier molecular flexibility index (Phi) is 5.52. The van der Waals surface area contributed by atoms with Crippen LogP contribution in [-0.4, -0.2) is 31.5 Å². The smallest absolute Gasteiger partial charge is 0.242 e. The molecular formula is C19H28N2O3. The van der Waals surface area contributed by atoms with Gasteiger partial charge in [-0.3, -0.25) is 9.59 Å². The minimum atomic E-state index is -0.387. The lowest BCUT2D eigenvalue weighted by Crippen LogP contribution is -2.42. The number of carbonyl (C=O) groups excluding carboxylic acids is 2. The van der Waals surface area contributed by atoms with Gasteiger partial charge in [0.1, 0.15) is 11.8 Å². The minimum absolute atomic E-state index is 0.0104. The maximum absolute atomic E-state index is 12.1. The fraction of sp³-hybridized carbons (Fsp3) is 0.579. The third-order valence-corrected chi connectivity index (χ3v) is 4.33. The Morgan fingerprint density at radius 2 is 2.08 bits per heavy atom. The first kappa shape index (κ1) is 18.3. The summed E-state index contributed by atoms with van der Waals surface area (Å²) in [6.07, 6.45) is 1.70. The number of carbonyl (C=O) groups is 2. The number of hydrogen-bond donors (Lipinski definition) is 2. The van der Waals surface area contributed by atoms with Crippen LogP contribution in [-0.2, 0) is 21.4 Å². The highest BCUT2D eigenvalue weighted by Crippen LogP contribution is 2.35. The molecule has 0 radical (unpaired) electrons. The van der Waals surface area contributed by atoms with Crippen molar-refractivity contribution >= 4 is 11.8 Å². The molecule has 5 nitrogen and oxygen atoms in total. The summed E-state index contributed by atoms with van der Waals surface area (Å²) < 4.78 is 5.66. The van der Waals surface area contributed by atoms with E-state index >= 15 is 0 Å². The molecule has 1 saturated heterocycles. The maximum Gasteiger partial charge on any atom is 0.242 e. The van der Waals surface area contributed by atoms with Gasteiger partial charge in [0, 0.05) is 18.5 Å². The molecule has 0 bridgehead atoms. The van der Waals surface area contributed by atoms with E-state index in [2.05, 4.69) is 50.5 Å². The van der Waals surface area contributed by atoms with Crippen LogP contribution in [0.5, 0.6) is 5.75 Å². The normalized spacial score (nSPS) is 17.5. The van der Waals surface area contributed by atoms with Crippen LogP contribution >= 0.6 is 0 Å². The first-order valence-electron chi connectivity index (χ1n) is 8.47. The van der Waals surface area contributed by atoms with E-state index in [1.165, 1.54) is 11.1 Å². The van der Waals surface area contributed by atoms with Crippen LogP contribution in [0.15, 0.2) is 12.1 Å². The summed E-state index contributed by atoms with van der Waals surface area (Å²) >= 11 is 0. The Morgan fingerprint density at radius 3 is 2.62 bits per heavy atom. The van der Waals surface area contributed by atoms with Crippen LogP contribution in [0, 0.1) is 6.92 Å². The zero-order chi connectivity index (χ0) is 17.9. The van der Waals surface area contributed by atoms with Crippen LogP contribution in [0.2, 0.25) is 0 Å². The van der Waals surface area contributed by atoms with Gasteiger partial charge < -0.3 is 15.4 Å². The van der Waals surface area contributed by atoms with Gasteiger partial charge in [-0.05, 0) is 30.7 Å². The molecule has 0 aliphatic carbocycles. The average molecular weight is 332 g/mol. The third-order valence-electron chi connectivity index (χ3n) is 4.33. The molecule has 2 amide bonds. The molecule has 5 heteroatoms. The summed E-state index contributed by atoms with van der Waals surface area (Å²) in [6, 6.07) is 3.88. The zero-order valence-corrected chi connectivity index (χ0v) is 15.3. The second kappa shape index (κ2) is 7.24. The number of methoxy groups -OCH3 is 1. The van der Waals surface area contributed by atoms with Crippen LogP contribution in [0.25, 0.3) is 0 Å². The summed E-state index contributed by atoms with van der Waals surface area (Å²) in [6.45, 7) is 9.09. The topological polar surface area (TPSA) is 67.4 Å². The maximum atomic E-state index is 12.1. The second-order valence-electron chi connectivity index (χ2n) is 7.45. The van der Waals surface area contributed by atoms with E-state index < -0.39 is 0 Å². The lowest BCUT2D eigenvalue weighted by molar-refractivity contribution is -0.125. The number of amides is 2. The van der Waals surface area contributed by atoms with Crippen molar-refractivity contribution in [1.29, 1.82) is 0 Å². The van der Waals surface area contributed by atoms with Crippen molar-refractivity contribution < 1.29 is 14.3 Å². The van der Waals surface area contributed by atoms with E-state index in [-0.39, 0.29) is 23.3 Å². The van der Waals surface area contributed by atoms with Gasteiger partial charge in [0.25, 0.3) is 0 Å². The van der Waals surface area contributed by atoms with Crippen molar-refractivity contribution in [3.63, 3.8) is 0 Å². The van der Waals surface area contributed by atoms with E-state index in [1.54, 1.807) is 7.11 Å². The first-order valence-corrected chi connectivity index (χ1v) is 8.47. The summed E-state index contributed by atoms with van der Waals surface area (Å²) in [5, 5.41) is 5.60. The summed E-state index contributed by atoms with van der Waals surface area (Å²) in [5.74, 6) is 0.741. The molecule has 1 aromatic carbocycles. The first-order chi connectivity index (χ1) is 11.2. The Balaban J connectivity index is 2.05. The molecule has 1 unspecified atom stereocenters. The van der Waals surface area contributed by atoms with Gasteiger partial charge in [0.15, 0.2) is 0 Å². The van der Waals surface area contributed by atoms with Crippen LogP contribution in [0.3, 0.4) is 0 Å². The predicted molar refractivity (Wildman–Crippen MR) is 94.3 cm³/mol. The number of ether oxygens (including phenoxy) is 1. The van der Waals surface area contributed by atoms with Crippen molar-refractivity contribution in [3.8, 4) is 5.75 Å². The molecule has 132 valence electrons. The lowest BCUT2D eigenvalue weighted by Gasteiger charge is -2.25. The van der Waals surface area contributed by atoms with Gasteiger partial charge in [-0.1, -0.05) is 38.5 Å². The monoisotopic (exact) mass is 332 g/mol. The molecule has 2 N–H and O–H groups in total. The van der Waals surface area contributed by atoms with Crippen LogP contribution in [0.1, 0.15) is 50.3 Å². The number of nitrogens with one attached hydrogen (secondary N) is 2. The van der Waals surface area contributed by atoms with Gasteiger partial charge in [-0.25, -0.2) is 0 Å². The summed E-state index contributed by atoms with van der Waals surface area (Å²) in [4.78, 5) is 23.3. The molecule has 1 heterocycles. The van der Waals surface area contributed by atoms with Crippen molar-refractivity contribution in [1.82, 2.24) is 10.6 Å². The molecule has 1 fully saturated rings. The van der Waals surface area contributed by atoms with Gasteiger partial charge in [-0.2, -0.15) is 0 Å². The number of hydrogen-bond acceptors (Lipinski definition) is 3. The quantitative estimate of drug-likeness (QED) is 0.869. The average Bonchev–Trinajstić information content (AvgIpc) is 2.92. The molecule has 24 heavy (non-hydrogen) atoms. The van der Waals surface area contributed by atoms with Gasteiger partial charge in [0.2, 0.25) is 11.8 Å². The standard InChI is InChI=1S/C19H28N2O3/c1-12-10-13(17(24-5)14(11-12)19(2,3)4)8-9-20-18(23)15-6-7-16(22)21-15/h10-11,15H,6-9H2,1-5H3,(H,20,23)(H,21,22). The number of rotatable bonds is 5. The minimum Gasteiger partial charge on any atom is -0.496 e. The van der Waals surface area contributed by atoms with Gasteiger partial charge in [-0.15, -0.1) is 0 Å². The molecule has 0 spiro atoms. The predicted octanol–water partition coefficient (Wildman–Crippen LogP) is 2.24. The molecular weight excluding hydrogens is 304 g/mol. The number of benzene rings is 1. The lowest BCUT2D eigenvalue weighted by atomic mass is 9.83. The van der Waals surface area contributed by atoms with Crippen molar-refractivity contribution in [2.75, 3.05) is 13.7 Å². The number of aryl methyl sites for hydroxylation is 1. The summed E-state index contributed by atoms with van der Waals surface area (Å²) in [5.41, 5.74) is 3.45. The van der Waals surface area contributed by atoms with Gasteiger partial charge >= 0.3 is 0 Å². The van der Waals surface area contributed by atoms with E-state index in [0.29, 0.717) is 25.8 Å². The Morgan fingerprint density at radius 1 is 1.38 bits per heavy atom. The molecule has 0 saturated carbocycles. The van der Waals surface area contributed by atoms with Crippen molar-refractivity contribution in [2.45, 2.75) is 58.4 Å². The highest BCUT2D eigenvalue weighted by atomic mass is 16.5. The molecule has 1 aromatic rings. The SMILES string of the molecule is COc1c(CCNC(=O)C2CCC(=O)N2)cc(C)cc1C(C)(C)C. The fourth-order valence-corrected chi connectivity index (χ4v) is 3.09. The Bertz CT molecular complexity index is 632. The Labute approximate surface area is 144 Å². The van der Waals surface area contributed by atoms with Crippen molar-refractivity contribution in [3.05, 3.63) is 28.8 Å².